The van der Waals surface area contributed by atoms with Crippen molar-refractivity contribution in [3.05, 3.63) is 45.9 Å². The van der Waals surface area contributed by atoms with Gasteiger partial charge in [0, 0.05) is 22.4 Å². The number of hydrogen-bond acceptors (Lipinski definition) is 7. The molecule has 1 aromatic heterocycles. The van der Waals surface area contributed by atoms with Crippen LogP contribution in [-0.2, 0) is 20.0 Å². The fourth-order valence-corrected chi connectivity index (χ4v) is 3.84. The molecule has 3 rings (SSSR count). The molecule has 0 spiro atoms. The van der Waals surface area contributed by atoms with Gasteiger partial charge in [0.1, 0.15) is 6.10 Å². The van der Waals surface area contributed by atoms with Gasteiger partial charge in [0.2, 0.25) is 6.10 Å². The molecule has 1 aromatic carbocycles. The van der Waals surface area contributed by atoms with Gasteiger partial charge in [0.15, 0.2) is 0 Å². The SMILES string of the molecule is Cc1nc(CSc2ccc(C(=O)OC3CC(C)OC3=O)cc2)cs1. The van der Waals surface area contributed by atoms with E-state index in [1.165, 1.54) is 0 Å². The Bertz CT molecular complexity index is 741. The molecule has 1 fully saturated rings. The van der Waals surface area contributed by atoms with Crippen LogP contribution in [0.25, 0.3) is 0 Å². The van der Waals surface area contributed by atoms with Crippen molar-refractivity contribution < 1.29 is 19.1 Å². The molecule has 1 saturated heterocycles. The molecule has 0 radical (unpaired) electrons. The first-order chi connectivity index (χ1) is 11.5. The van der Waals surface area contributed by atoms with Gasteiger partial charge in [-0.15, -0.1) is 23.1 Å². The number of carbonyl (C=O) groups excluding carboxylic acids is 2. The Morgan fingerprint density at radius 2 is 2.17 bits per heavy atom. The topological polar surface area (TPSA) is 65.5 Å². The van der Waals surface area contributed by atoms with E-state index in [0.717, 1.165) is 21.3 Å². The fourth-order valence-electron chi connectivity index (χ4n) is 2.33. The lowest BCUT2D eigenvalue weighted by Crippen LogP contribution is -2.22. The van der Waals surface area contributed by atoms with Crippen molar-refractivity contribution in [3.63, 3.8) is 0 Å². The molecular formula is C17H17NO4S2. The third-order valence-corrected chi connectivity index (χ3v) is 5.39. The summed E-state index contributed by atoms with van der Waals surface area (Å²) in [5.41, 5.74) is 1.48. The van der Waals surface area contributed by atoms with Crippen molar-refractivity contribution in [2.24, 2.45) is 0 Å². The molecule has 5 nitrogen and oxygen atoms in total. The van der Waals surface area contributed by atoms with Crippen LogP contribution >= 0.6 is 23.1 Å². The van der Waals surface area contributed by atoms with E-state index in [2.05, 4.69) is 10.4 Å². The third-order valence-electron chi connectivity index (χ3n) is 3.52. The molecule has 0 amide bonds. The van der Waals surface area contributed by atoms with Gasteiger partial charge in [-0.05, 0) is 38.1 Å². The minimum absolute atomic E-state index is 0.205. The number of rotatable bonds is 5. The van der Waals surface area contributed by atoms with Gasteiger partial charge in [-0.25, -0.2) is 14.6 Å². The Labute approximate surface area is 148 Å². The first-order valence-electron chi connectivity index (χ1n) is 7.56. The lowest BCUT2D eigenvalue weighted by Gasteiger charge is -2.08. The second kappa shape index (κ2) is 7.36. The zero-order chi connectivity index (χ0) is 17.1. The highest BCUT2D eigenvalue weighted by atomic mass is 32.2. The van der Waals surface area contributed by atoms with Gasteiger partial charge < -0.3 is 9.47 Å². The summed E-state index contributed by atoms with van der Waals surface area (Å²) in [7, 11) is 0. The molecule has 126 valence electrons. The van der Waals surface area contributed by atoms with Gasteiger partial charge in [0.25, 0.3) is 0 Å². The lowest BCUT2D eigenvalue weighted by atomic mass is 10.2. The number of esters is 2. The predicted molar refractivity (Wildman–Crippen MR) is 92.2 cm³/mol. The number of cyclic esters (lactones) is 1. The van der Waals surface area contributed by atoms with Crippen molar-refractivity contribution in [1.82, 2.24) is 4.98 Å². The number of ether oxygens (including phenoxy) is 2. The second-order valence-electron chi connectivity index (χ2n) is 5.55. The van der Waals surface area contributed by atoms with E-state index < -0.39 is 18.0 Å². The van der Waals surface area contributed by atoms with Crippen LogP contribution in [0.2, 0.25) is 0 Å². The molecule has 0 saturated carbocycles. The summed E-state index contributed by atoms with van der Waals surface area (Å²) in [4.78, 5) is 29.1. The normalized spacial score (nSPS) is 20.0. The largest absolute Gasteiger partial charge is 0.460 e. The lowest BCUT2D eigenvalue weighted by molar-refractivity contribution is -0.147. The van der Waals surface area contributed by atoms with Crippen LogP contribution in [0.3, 0.4) is 0 Å². The Morgan fingerprint density at radius 3 is 2.75 bits per heavy atom. The average molecular weight is 363 g/mol. The van der Waals surface area contributed by atoms with E-state index in [9.17, 15) is 9.59 Å². The number of aryl methyl sites for hydroxylation is 1. The third kappa shape index (κ3) is 4.15. The van der Waals surface area contributed by atoms with Crippen molar-refractivity contribution in [2.45, 2.75) is 43.1 Å². The molecule has 1 aliphatic heterocycles. The monoisotopic (exact) mass is 363 g/mol. The fraction of sp³-hybridized carbons (Fsp3) is 0.353. The number of aromatic nitrogens is 1. The van der Waals surface area contributed by atoms with E-state index in [1.807, 2.05) is 19.1 Å². The van der Waals surface area contributed by atoms with Gasteiger partial charge in [0.05, 0.1) is 16.3 Å². The van der Waals surface area contributed by atoms with Gasteiger partial charge in [-0.1, -0.05) is 0 Å². The van der Waals surface area contributed by atoms with E-state index in [0.29, 0.717) is 12.0 Å². The van der Waals surface area contributed by atoms with Gasteiger partial charge in [-0.3, -0.25) is 0 Å². The summed E-state index contributed by atoms with van der Waals surface area (Å²) >= 11 is 3.30. The summed E-state index contributed by atoms with van der Waals surface area (Å²) in [5.74, 6) is -0.181. The maximum atomic E-state index is 12.1. The molecule has 2 aromatic rings. The van der Waals surface area contributed by atoms with Crippen molar-refractivity contribution >= 4 is 35.0 Å². The zero-order valence-corrected chi connectivity index (χ0v) is 15.0. The first-order valence-corrected chi connectivity index (χ1v) is 9.43. The highest BCUT2D eigenvalue weighted by molar-refractivity contribution is 7.98. The van der Waals surface area contributed by atoms with Crippen LogP contribution < -0.4 is 0 Å². The van der Waals surface area contributed by atoms with Crippen LogP contribution in [0.15, 0.2) is 34.5 Å². The first kappa shape index (κ1) is 17.0. The molecule has 0 bridgehead atoms. The smallest absolute Gasteiger partial charge is 0.347 e. The van der Waals surface area contributed by atoms with Crippen molar-refractivity contribution in [3.8, 4) is 0 Å². The van der Waals surface area contributed by atoms with Crippen LogP contribution in [0.4, 0.5) is 0 Å². The van der Waals surface area contributed by atoms with Crippen molar-refractivity contribution in [1.29, 1.82) is 0 Å². The molecule has 1 aliphatic rings. The summed E-state index contributed by atoms with van der Waals surface area (Å²) < 4.78 is 10.2. The van der Waals surface area contributed by atoms with Crippen LogP contribution in [0.5, 0.6) is 0 Å². The second-order valence-corrected chi connectivity index (χ2v) is 7.66. The maximum absolute atomic E-state index is 12.1. The Balaban J connectivity index is 1.55. The summed E-state index contributed by atoms with van der Waals surface area (Å²) in [5, 5.41) is 3.11. The highest BCUT2D eigenvalue weighted by Gasteiger charge is 2.35. The summed E-state index contributed by atoms with van der Waals surface area (Å²) in [6, 6.07) is 7.16. The molecule has 2 heterocycles. The number of nitrogens with zero attached hydrogens (tertiary/aromatic N) is 1. The van der Waals surface area contributed by atoms with Crippen molar-refractivity contribution in [2.75, 3.05) is 0 Å². The minimum atomic E-state index is -0.797. The van der Waals surface area contributed by atoms with E-state index in [1.54, 1.807) is 42.2 Å². The van der Waals surface area contributed by atoms with E-state index in [-0.39, 0.29) is 6.10 Å². The number of benzene rings is 1. The molecule has 0 aliphatic carbocycles. The van der Waals surface area contributed by atoms with Crippen LogP contribution in [0.1, 0.15) is 34.4 Å². The zero-order valence-electron chi connectivity index (χ0n) is 13.4. The maximum Gasteiger partial charge on any atom is 0.347 e. The Hall–Kier alpha value is -1.86. The van der Waals surface area contributed by atoms with E-state index >= 15 is 0 Å². The van der Waals surface area contributed by atoms with Crippen LogP contribution in [0, 0.1) is 6.92 Å². The Kier molecular flexibility index (Phi) is 5.20. The van der Waals surface area contributed by atoms with Gasteiger partial charge in [-0.2, -0.15) is 0 Å². The highest BCUT2D eigenvalue weighted by Crippen LogP contribution is 2.24. The number of hydrogen-bond donors (Lipinski definition) is 0. The number of thioether (sulfide) groups is 1. The average Bonchev–Trinajstić information content (AvgIpc) is 3.11. The number of thiazole rings is 1. The molecular weight excluding hydrogens is 346 g/mol. The van der Waals surface area contributed by atoms with E-state index in [4.69, 9.17) is 9.47 Å². The number of carbonyl (C=O) groups is 2. The predicted octanol–water partition coefficient (Wildman–Crippen LogP) is 3.60. The Morgan fingerprint density at radius 1 is 1.42 bits per heavy atom. The minimum Gasteiger partial charge on any atom is -0.460 e. The molecule has 2 unspecified atom stereocenters. The molecule has 2 atom stereocenters. The summed E-state index contributed by atoms with van der Waals surface area (Å²) in [6.07, 6.45) is -0.594. The summed E-state index contributed by atoms with van der Waals surface area (Å²) in [6.45, 7) is 3.77. The van der Waals surface area contributed by atoms with Gasteiger partial charge >= 0.3 is 11.9 Å². The quantitative estimate of drug-likeness (QED) is 0.597. The molecule has 7 heteroatoms. The molecule has 24 heavy (non-hydrogen) atoms. The van der Waals surface area contributed by atoms with Crippen LogP contribution in [-0.4, -0.2) is 29.1 Å². The molecule has 0 N–H and O–H groups in total. The standard InChI is InChI=1S/C17H17NO4S2/c1-10-7-15(17(20)21-10)22-16(19)12-3-5-14(6-4-12)24-9-13-8-23-11(2)18-13/h3-6,8,10,15H,7,9H2,1-2H3.